The summed E-state index contributed by atoms with van der Waals surface area (Å²) in [5.74, 6) is -0.268. The number of Topliss-reactive ketones (excluding diaryl/α,β-unsaturated/α-hetero) is 1. The fraction of sp³-hybridized carbons (Fsp3) is 0.800. The lowest BCUT2D eigenvalue weighted by molar-refractivity contribution is -0.143. The second-order valence-corrected chi connectivity index (χ2v) is 6.89. The van der Waals surface area contributed by atoms with Crippen LogP contribution in [0.3, 0.4) is 0 Å². The molecule has 5 heteroatoms. The second-order valence-electron chi connectivity index (χ2n) is 6.89. The van der Waals surface area contributed by atoms with Gasteiger partial charge in [-0.05, 0) is 26.2 Å². The van der Waals surface area contributed by atoms with Crippen molar-refractivity contribution in [3.8, 4) is 0 Å². The van der Waals surface area contributed by atoms with Crippen molar-refractivity contribution >= 4 is 11.8 Å². The van der Waals surface area contributed by atoms with Crippen molar-refractivity contribution < 1.29 is 24.5 Å². The molecule has 1 saturated carbocycles. The number of ketones is 1. The van der Waals surface area contributed by atoms with Crippen LogP contribution in [-0.4, -0.2) is 40.8 Å². The van der Waals surface area contributed by atoms with E-state index in [9.17, 15) is 19.8 Å². The number of esters is 1. The van der Waals surface area contributed by atoms with Crippen LogP contribution in [0.2, 0.25) is 0 Å². The first-order chi connectivity index (χ1) is 12.0. The molecule has 1 fully saturated rings. The van der Waals surface area contributed by atoms with Gasteiger partial charge in [-0.3, -0.25) is 9.59 Å². The third-order valence-corrected chi connectivity index (χ3v) is 4.91. The molecule has 0 bridgehead atoms. The predicted octanol–water partition coefficient (Wildman–Crippen LogP) is 3.17. The van der Waals surface area contributed by atoms with Crippen molar-refractivity contribution in [1.82, 2.24) is 0 Å². The average Bonchev–Trinajstić information content (AvgIpc) is 2.85. The Morgan fingerprint density at radius 3 is 2.60 bits per heavy atom. The summed E-state index contributed by atoms with van der Waals surface area (Å²) < 4.78 is 4.88. The summed E-state index contributed by atoms with van der Waals surface area (Å²) in [5.41, 5.74) is 0. The van der Waals surface area contributed by atoms with E-state index in [1.165, 1.54) is 0 Å². The van der Waals surface area contributed by atoms with Crippen LogP contribution in [0.1, 0.15) is 71.6 Å². The van der Waals surface area contributed by atoms with Crippen molar-refractivity contribution in [3.63, 3.8) is 0 Å². The van der Waals surface area contributed by atoms with Gasteiger partial charge in [0.25, 0.3) is 0 Å². The second kappa shape index (κ2) is 12.2. The smallest absolute Gasteiger partial charge is 0.305 e. The Bertz CT molecular complexity index is 432. The van der Waals surface area contributed by atoms with Gasteiger partial charge in [-0.2, -0.15) is 0 Å². The number of carbonyl (C=O) groups is 2. The number of aliphatic hydroxyl groups is 2. The largest absolute Gasteiger partial charge is 0.466 e. The van der Waals surface area contributed by atoms with Crippen LogP contribution in [0.15, 0.2) is 12.2 Å². The number of carbonyl (C=O) groups excluding carboxylic acids is 2. The lowest BCUT2D eigenvalue weighted by Gasteiger charge is -2.16. The molecule has 0 aromatic carbocycles. The molecule has 0 spiro atoms. The zero-order chi connectivity index (χ0) is 18.7. The molecule has 1 aliphatic carbocycles. The molecule has 1 aliphatic rings. The van der Waals surface area contributed by atoms with Crippen LogP contribution in [0.25, 0.3) is 0 Å². The van der Waals surface area contributed by atoms with Gasteiger partial charge in [0, 0.05) is 24.7 Å². The standard InChI is InChI=1S/C20H34O5/c1-3-16-17(19(23)14-18(16)22)13-12-15(21)10-8-6-5-7-9-11-20(24)25-4-2/h12-13,15-17,19,21,23H,3-11,14H2,1-2H3/b13-12+/t15-,16-,17+,19+/m0/s1. The fourth-order valence-electron chi connectivity index (χ4n) is 3.48. The minimum atomic E-state index is -0.611. The maximum Gasteiger partial charge on any atom is 0.305 e. The molecule has 144 valence electrons. The lowest BCUT2D eigenvalue weighted by Crippen LogP contribution is -2.18. The van der Waals surface area contributed by atoms with Crippen LogP contribution >= 0.6 is 0 Å². The summed E-state index contributed by atoms with van der Waals surface area (Å²) in [6, 6.07) is 0. The summed E-state index contributed by atoms with van der Waals surface area (Å²) in [6.45, 7) is 4.21. The van der Waals surface area contributed by atoms with Gasteiger partial charge in [0.15, 0.2) is 0 Å². The molecule has 5 nitrogen and oxygen atoms in total. The van der Waals surface area contributed by atoms with Crippen molar-refractivity contribution in [1.29, 1.82) is 0 Å². The van der Waals surface area contributed by atoms with E-state index >= 15 is 0 Å². The third-order valence-electron chi connectivity index (χ3n) is 4.91. The Morgan fingerprint density at radius 1 is 1.24 bits per heavy atom. The molecule has 0 unspecified atom stereocenters. The third kappa shape index (κ3) is 8.15. The summed E-state index contributed by atoms with van der Waals surface area (Å²) >= 11 is 0. The first-order valence-electron chi connectivity index (χ1n) is 9.72. The van der Waals surface area contributed by atoms with Gasteiger partial charge in [0.2, 0.25) is 0 Å². The summed E-state index contributed by atoms with van der Waals surface area (Å²) in [7, 11) is 0. The maximum absolute atomic E-state index is 11.8. The minimum Gasteiger partial charge on any atom is -0.466 e. The molecule has 2 N–H and O–H groups in total. The van der Waals surface area contributed by atoms with Crippen LogP contribution in [0.4, 0.5) is 0 Å². The molecule has 0 aliphatic heterocycles. The molecule has 25 heavy (non-hydrogen) atoms. The number of ether oxygens (including phenoxy) is 1. The number of aliphatic hydroxyl groups excluding tert-OH is 2. The molecular formula is C20H34O5. The van der Waals surface area contributed by atoms with E-state index in [1.807, 2.05) is 19.9 Å². The van der Waals surface area contributed by atoms with Gasteiger partial charge in [0.05, 0.1) is 18.8 Å². The number of unbranched alkanes of at least 4 members (excludes halogenated alkanes) is 4. The van der Waals surface area contributed by atoms with Crippen molar-refractivity contribution in [3.05, 3.63) is 12.2 Å². The first-order valence-corrected chi connectivity index (χ1v) is 9.72. The maximum atomic E-state index is 11.8. The summed E-state index contributed by atoms with van der Waals surface area (Å²) in [4.78, 5) is 22.9. The highest BCUT2D eigenvalue weighted by Gasteiger charge is 2.38. The molecule has 1 rings (SSSR count). The van der Waals surface area contributed by atoms with E-state index in [0.717, 1.165) is 38.5 Å². The molecule has 0 aromatic heterocycles. The summed E-state index contributed by atoms with van der Waals surface area (Å²) in [5, 5.41) is 20.0. The SMILES string of the molecule is CCOC(=O)CCCCCCC[C@H](O)/C=C/[C@H]1[C@H](O)CC(=O)[C@H]1CC. The number of hydrogen-bond acceptors (Lipinski definition) is 5. The Morgan fingerprint density at radius 2 is 1.92 bits per heavy atom. The molecule has 0 aromatic rings. The van der Waals surface area contributed by atoms with E-state index < -0.39 is 12.2 Å². The lowest BCUT2D eigenvalue weighted by atomic mass is 9.91. The van der Waals surface area contributed by atoms with Crippen LogP contribution in [0, 0.1) is 11.8 Å². The monoisotopic (exact) mass is 354 g/mol. The molecule has 0 amide bonds. The Labute approximate surface area is 151 Å². The molecule has 0 saturated heterocycles. The van der Waals surface area contributed by atoms with Crippen LogP contribution < -0.4 is 0 Å². The topological polar surface area (TPSA) is 83.8 Å². The highest BCUT2D eigenvalue weighted by molar-refractivity contribution is 5.84. The quantitative estimate of drug-likeness (QED) is 0.319. The van der Waals surface area contributed by atoms with Gasteiger partial charge in [-0.1, -0.05) is 44.8 Å². The van der Waals surface area contributed by atoms with Crippen molar-refractivity contribution in [2.75, 3.05) is 6.61 Å². The highest BCUT2D eigenvalue weighted by atomic mass is 16.5. The fourth-order valence-corrected chi connectivity index (χ4v) is 3.48. The molecule has 4 atom stereocenters. The average molecular weight is 354 g/mol. The van der Waals surface area contributed by atoms with E-state index in [2.05, 4.69) is 0 Å². The van der Waals surface area contributed by atoms with E-state index in [4.69, 9.17) is 4.74 Å². The van der Waals surface area contributed by atoms with Crippen LogP contribution in [-0.2, 0) is 14.3 Å². The highest BCUT2D eigenvalue weighted by Crippen LogP contribution is 2.32. The van der Waals surface area contributed by atoms with Gasteiger partial charge < -0.3 is 14.9 Å². The zero-order valence-electron chi connectivity index (χ0n) is 15.7. The minimum absolute atomic E-state index is 0.113. The number of rotatable bonds is 12. The molecular weight excluding hydrogens is 320 g/mol. The zero-order valence-corrected chi connectivity index (χ0v) is 15.7. The number of hydrogen-bond donors (Lipinski definition) is 2. The van der Waals surface area contributed by atoms with Gasteiger partial charge in [-0.15, -0.1) is 0 Å². The summed E-state index contributed by atoms with van der Waals surface area (Å²) in [6.07, 6.45) is 9.40. The van der Waals surface area contributed by atoms with Gasteiger partial charge in [0.1, 0.15) is 5.78 Å². The van der Waals surface area contributed by atoms with Gasteiger partial charge in [-0.25, -0.2) is 0 Å². The van der Waals surface area contributed by atoms with Gasteiger partial charge >= 0.3 is 5.97 Å². The molecule has 0 radical (unpaired) electrons. The van der Waals surface area contributed by atoms with E-state index in [1.54, 1.807) is 6.08 Å². The molecule has 0 heterocycles. The Hall–Kier alpha value is -1.20. The predicted molar refractivity (Wildman–Crippen MR) is 97.0 cm³/mol. The Kier molecular flexibility index (Phi) is 10.7. The van der Waals surface area contributed by atoms with Crippen LogP contribution in [0.5, 0.6) is 0 Å². The van der Waals surface area contributed by atoms with E-state index in [0.29, 0.717) is 19.4 Å². The van der Waals surface area contributed by atoms with E-state index in [-0.39, 0.29) is 30.0 Å². The normalized spacial score (nSPS) is 24.8. The van der Waals surface area contributed by atoms with Crippen molar-refractivity contribution in [2.24, 2.45) is 11.8 Å². The Balaban J connectivity index is 2.13. The first kappa shape index (κ1) is 21.8. The van der Waals surface area contributed by atoms with Crippen molar-refractivity contribution in [2.45, 2.75) is 83.8 Å².